The van der Waals surface area contributed by atoms with Crippen molar-refractivity contribution in [2.24, 2.45) is 5.73 Å². The minimum atomic E-state index is -3.47. The van der Waals surface area contributed by atoms with E-state index in [2.05, 4.69) is 35.0 Å². The summed E-state index contributed by atoms with van der Waals surface area (Å²) in [5, 5.41) is 54.2. The minimum absolute atomic E-state index is 0.0130. The second kappa shape index (κ2) is 57.6. The first-order chi connectivity index (χ1) is 67.9. The lowest BCUT2D eigenvalue weighted by atomic mass is 10.0. The Bertz CT molecular complexity index is 5150. The predicted octanol–water partition coefficient (Wildman–Crippen LogP) is 6.73. The molecule has 0 bridgehead atoms. The van der Waals surface area contributed by atoms with Gasteiger partial charge in [-0.1, -0.05) is 117 Å². The van der Waals surface area contributed by atoms with E-state index >= 15 is 0 Å². The van der Waals surface area contributed by atoms with Crippen LogP contribution in [0, 0.1) is 0 Å². The van der Waals surface area contributed by atoms with Crippen molar-refractivity contribution in [1.29, 1.82) is 0 Å². The maximum Gasteiger partial charge on any atom is 0.409 e. The number of sulfonamides is 1. The molecular weight excluding hydrogens is 2080 g/mol. The number of esters is 1. The van der Waals surface area contributed by atoms with Crippen molar-refractivity contribution in [3.8, 4) is 0 Å². The number of amides is 8. The van der Waals surface area contributed by atoms with Gasteiger partial charge in [-0.2, -0.15) is 0 Å². The van der Waals surface area contributed by atoms with Gasteiger partial charge < -0.3 is 114 Å². The molecule has 8 fully saturated rings. The molecule has 4 aromatic rings. The molecule has 8 saturated heterocycles. The molecule has 0 aromatic heterocycles. The number of carboxylic acids is 3. The van der Waals surface area contributed by atoms with Crippen molar-refractivity contribution in [3.63, 3.8) is 0 Å². The Hall–Kier alpha value is -8.68. The largest absolute Gasteiger partial charge is 0.481 e. The summed E-state index contributed by atoms with van der Waals surface area (Å²) in [6.45, 7) is 10.8. The number of carbonyl (C=O) groups excluding carboxylic acids is 9. The summed E-state index contributed by atoms with van der Waals surface area (Å²) in [6, 6.07) is 14.3. The van der Waals surface area contributed by atoms with Gasteiger partial charge in [0.15, 0.2) is 11.4 Å². The van der Waals surface area contributed by atoms with Crippen LogP contribution in [0.1, 0.15) is 86.5 Å². The molecule has 0 spiro atoms. The Morgan fingerprint density at radius 2 is 0.678 bits per heavy atom. The average molecular weight is 2200 g/mol. The lowest BCUT2D eigenvalue weighted by Gasteiger charge is -2.46. The van der Waals surface area contributed by atoms with Crippen molar-refractivity contribution in [2.45, 2.75) is 157 Å². The van der Waals surface area contributed by atoms with Gasteiger partial charge in [-0.15, -0.1) is 0 Å². The summed E-state index contributed by atoms with van der Waals surface area (Å²) in [4.78, 5) is 171. The van der Waals surface area contributed by atoms with Gasteiger partial charge in [0.2, 0.25) is 33.7 Å². The molecule has 8 heterocycles. The number of carboxylic acid groups (broad SMARTS) is 3. The molecule has 12 rings (SSSR count). The molecular formula is C92H126Cl8N16O25S2. The number of nitrogens with one attached hydrogen (secondary N) is 3. The van der Waals surface area contributed by atoms with Gasteiger partial charge in [0.25, 0.3) is 0 Å². The third kappa shape index (κ3) is 37.0. The number of piperazine rings is 4. The van der Waals surface area contributed by atoms with Crippen LogP contribution in [-0.2, 0) is 102 Å². The predicted molar refractivity (Wildman–Crippen MR) is 537 cm³/mol. The number of aliphatic hydroxyl groups excluding tert-OH is 1. The maximum absolute atomic E-state index is 13.6. The van der Waals surface area contributed by atoms with Crippen LogP contribution >= 0.6 is 105 Å². The molecule has 792 valence electrons. The highest BCUT2D eigenvalue weighted by molar-refractivity contribution is 7.88. The van der Waals surface area contributed by atoms with Crippen LogP contribution in [0.15, 0.2) is 72.8 Å². The van der Waals surface area contributed by atoms with Crippen LogP contribution in [-0.4, -0.2) is 435 Å². The van der Waals surface area contributed by atoms with Gasteiger partial charge in [0.1, 0.15) is 19.3 Å². The van der Waals surface area contributed by atoms with Crippen LogP contribution in [0.5, 0.6) is 0 Å². The first kappa shape index (κ1) is 118. The third-order valence-corrected chi connectivity index (χ3v) is 29.4. The molecule has 0 saturated carbocycles. The first-order valence-electron chi connectivity index (χ1n) is 46.6. The second-order valence-electron chi connectivity index (χ2n) is 36.0. The number of thiocarbonyl (C=S) groups is 1. The minimum Gasteiger partial charge on any atom is -0.481 e. The lowest BCUT2D eigenvalue weighted by Crippen LogP contribution is -2.66. The molecule has 4 aromatic carbocycles. The summed E-state index contributed by atoms with van der Waals surface area (Å²) >= 11 is 53.8. The van der Waals surface area contributed by atoms with E-state index in [0.717, 1.165) is 121 Å². The number of carbonyl (C=O) groups is 12. The number of nitrogens with two attached hydrogens (primary N) is 1. The number of halogens is 8. The molecule has 8 aliphatic rings. The van der Waals surface area contributed by atoms with E-state index in [9.17, 15) is 76.2 Å². The van der Waals surface area contributed by atoms with E-state index in [1.807, 2.05) is 0 Å². The van der Waals surface area contributed by atoms with E-state index in [1.165, 1.54) is 43.1 Å². The third-order valence-electron chi connectivity index (χ3n) is 25.5. The van der Waals surface area contributed by atoms with Crippen LogP contribution in [0.25, 0.3) is 0 Å². The monoisotopic (exact) mass is 2200 g/mol. The molecule has 8 aliphatic heterocycles. The number of aliphatic carboxylic acids is 3. The fourth-order valence-electron chi connectivity index (χ4n) is 18.3. The number of ether oxygens (including phenoxy) is 6. The molecule has 143 heavy (non-hydrogen) atoms. The van der Waals surface area contributed by atoms with Crippen molar-refractivity contribution in [1.82, 2.24) is 74.2 Å². The van der Waals surface area contributed by atoms with Gasteiger partial charge in [0, 0.05) is 91.6 Å². The highest BCUT2D eigenvalue weighted by Gasteiger charge is 2.46. The Morgan fingerprint density at radius 3 is 0.951 bits per heavy atom. The zero-order chi connectivity index (χ0) is 105. The van der Waals surface area contributed by atoms with E-state index < -0.39 is 120 Å². The van der Waals surface area contributed by atoms with Gasteiger partial charge in [0.05, 0.1) is 174 Å². The summed E-state index contributed by atoms with van der Waals surface area (Å²) in [5.41, 5.74) is 8.47. The molecule has 0 aliphatic carbocycles. The molecule has 51 heteroatoms. The number of benzene rings is 4. The molecule has 41 nitrogen and oxygen atoms in total. The number of hydrogen-bond donors (Lipinski definition) is 9. The Balaban J connectivity index is 0.000000213. The fraction of sp³-hybridized carbons (Fsp3) is 0.598. The summed E-state index contributed by atoms with van der Waals surface area (Å²) in [5.74, 6) is -5.01. The highest BCUT2D eigenvalue weighted by atomic mass is 35.5. The topological polar surface area (TPSA) is 497 Å². The molecule has 10 atom stereocenters. The van der Waals surface area contributed by atoms with E-state index in [-0.39, 0.29) is 157 Å². The zero-order valence-corrected chi connectivity index (χ0v) is 87.7. The zero-order valence-electron chi connectivity index (χ0n) is 80.0. The number of rotatable bonds is 34. The number of aliphatic hydroxyl groups is 2. The number of nitrogens with zero attached hydrogens (tertiary/aromatic N) is 12. The van der Waals surface area contributed by atoms with Crippen LogP contribution in [0.3, 0.4) is 0 Å². The second-order valence-corrected chi connectivity index (χ2v) is 41.5. The van der Waals surface area contributed by atoms with Crippen molar-refractivity contribution < 1.29 is 120 Å². The smallest absolute Gasteiger partial charge is 0.409 e. The molecule has 0 radical (unpaired) electrons. The Kier molecular flexibility index (Phi) is 47.5. The van der Waals surface area contributed by atoms with Crippen molar-refractivity contribution in [3.05, 3.63) is 135 Å². The fourth-order valence-corrected chi connectivity index (χ4v) is 20.3. The lowest BCUT2D eigenvalue weighted by molar-refractivity contribution is -0.152. The van der Waals surface area contributed by atoms with Gasteiger partial charge >= 0.3 is 48.3 Å². The summed E-state index contributed by atoms with van der Waals surface area (Å²) < 4.78 is 56.2. The van der Waals surface area contributed by atoms with Crippen molar-refractivity contribution >= 4 is 192 Å². The normalized spacial score (nSPS) is 21.1. The standard InChI is InChI=1S/C25H35Cl2N5O7S.C24H32Cl2N4O7.C22H29Cl2N3O6.C21H30Cl2N4O5S/c1-39-25(38)32-14-17(12-30-6-2-3-7-30)31(21(33)9-15-4-5-18(26)19(27)8-15)13-16(32)11-28-24(40)29-20(23(36)37)10-22(34)35;1-36-24(35)30-12-16(11-28-6-2-3-7-28)29(21(31)9-15-4-5-18(25)19(26)8-15)13-17(30)14-37-23(34)20(27)10-22(32)33;1-32-22(31)27-11-16(10-25-6-2-3-7-25)26(12-17(27)13-33-14-21(29)30)20(28)9-15-4-5-18(23)19(24)8-15;1-32-21(29)27-14-17(12-25-7-3-4-8-25)26(13-16(27)11-24-33(2,30)31)20(28)10-15-5-6-18(22)19(23)9-15/h4-5,8,16-17,20,23,36-37H,2-3,6-7,9-14H2,1H3,(H,34,35)(H2,28,29,40);4-5,8,16-17,20H,2-3,6-7,9-14,27H2,1H3,(H,32,33);4-5,8,16-17H,2-3,6-7,9-14H2,1H3,(H,29,30);5-6,9,16-17,24H,3-4,7-8,10-14H2,1-2H3/t16-,17-,20+;16-,17-,20-;16-,17-;16-,17+/m1110/s1. The number of likely N-dealkylation sites (tertiary alicyclic amines) is 4. The van der Waals surface area contributed by atoms with E-state index in [0.29, 0.717) is 77.5 Å². The molecule has 0 unspecified atom stereocenters. The molecule has 10 N–H and O–H groups in total. The van der Waals surface area contributed by atoms with Gasteiger partial charge in [-0.05, 0) is 187 Å². The van der Waals surface area contributed by atoms with Gasteiger partial charge in [-0.3, -0.25) is 48.3 Å². The van der Waals surface area contributed by atoms with Crippen LogP contribution in [0.4, 0.5) is 19.2 Å². The van der Waals surface area contributed by atoms with Gasteiger partial charge in [-0.25, -0.2) is 37.1 Å². The summed E-state index contributed by atoms with van der Waals surface area (Å²) in [6.07, 6.45) is 4.83. The van der Waals surface area contributed by atoms with Crippen LogP contribution in [0.2, 0.25) is 40.2 Å². The van der Waals surface area contributed by atoms with Crippen LogP contribution < -0.4 is 21.1 Å². The Labute approximate surface area is 876 Å². The Morgan fingerprint density at radius 1 is 0.399 bits per heavy atom. The first-order valence-corrected chi connectivity index (χ1v) is 52.0. The number of methoxy groups -OCH3 is 4. The average Bonchev–Trinajstić information content (AvgIpc) is 1.60. The number of hydrogen-bond acceptors (Lipinski definition) is 28. The quantitative estimate of drug-likeness (QED) is 0.0101. The molecule has 8 amide bonds. The SMILES string of the molecule is COC(=O)N1C[C@@H](CN2CCCC2)N(C(=O)Cc2ccc(Cl)c(Cl)c2)C[C@@H]1CNS(C)(=O)=O.COC(=O)N1C[C@@H](CN2CCCC2)N(C(=O)Cc2ccc(Cl)c(Cl)c2)C[C@@H]1COC(=O)[C@H](N)CC(=O)O.COC(=O)N1C[C@@H](CN2CCCC2)N(C(=O)Cc2ccc(Cl)c(Cl)c2)C[C@@H]1COCC(=O)O.COC(=O)N1C[C@@H](CN2CCCC2)N(C(=O)Cc2ccc(Cl)c(Cl)c2)C[C@H]1CNC(=S)N[C@@H](CC(=O)O)C(O)O. The van der Waals surface area contributed by atoms with Crippen molar-refractivity contribution in [2.75, 3.05) is 199 Å². The van der Waals surface area contributed by atoms with E-state index in [4.69, 9.17) is 154 Å². The summed E-state index contributed by atoms with van der Waals surface area (Å²) in [7, 11) is 1.66. The maximum atomic E-state index is 13.6. The van der Waals surface area contributed by atoms with E-state index in [1.54, 1.807) is 97.3 Å². The highest BCUT2D eigenvalue weighted by Crippen LogP contribution is 2.33.